The van der Waals surface area contributed by atoms with Crippen LogP contribution in [0.15, 0.2) is 12.2 Å². The zero-order chi connectivity index (χ0) is 23.7. The Bertz CT molecular complexity index is 725. The third kappa shape index (κ3) is 5.30. The Morgan fingerprint density at radius 1 is 1.16 bits per heavy atom. The zero-order valence-electron chi connectivity index (χ0n) is 20.4. The van der Waals surface area contributed by atoms with Crippen LogP contribution in [-0.4, -0.2) is 59.0 Å². The van der Waals surface area contributed by atoms with Crippen molar-refractivity contribution in [1.82, 2.24) is 15.5 Å². The summed E-state index contributed by atoms with van der Waals surface area (Å²) in [5.74, 6) is -2.23. The molecule has 1 saturated heterocycles. The Labute approximate surface area is 187 Å². The molecule has 1 heterocycles. The molecule has 7 heteroatoms. The van der Waals surface area contributed by atoms with Crippen LogP contribution >= 0.6 is 0 Å². The number of rotatable bonds is 7. The van der Waals surface area contributed by atoms with Gasteiger partial charge in [0.05, 0.1) is 24.5 Å². The van der Waals surface area contributed by atoms with Gasteiger partial charge < -0.3 is 20.6 Å². The molecule has 3 N–H and O–H groups in total. The summed E-state index contributed by atoms with van der Waals surface area (Å²) in [6.07, 6.45) is 5.43. The topological polar surface area (TPSA) is 98.7 Å². The summed E-state index contributed by atoms with van der Waals surface area (Å²) in [5, 5.41) is 15.7. The lowest BCUT2D eigenvalue weighted by Crippen LogP contribution is -2.56. The lowest BCUT2D eigenvalue weighted by molar-refractivity contribution is -0.143. The first-order chi connectivity index (χ1) is 14.3. The van der Waals surface area contributed by atoms with E-state index in [-0.39, 0.29) is 35.7 Å². The van der Waals surface area contributed by atoms with Crippen LogP contribution in [-0.2, 0) is 14.4 Å². The van der Waals surface area contributed by atoms with Crippen molar-refractivity contribution in [3.8, 4) is 0 Å². The fourth-order valence-corrected chi connectivity index (χ4v) is 5.70. The normalized spacial score (nSPS) is 29.5. The summed E-state index contributed by atoms with van der Waals surface area (Å²) < 4.78 is 0. The summed E-state index contributed by atoms with van der Waals surface area (Å²) >= 11 is 0. The number of hydrogen-bond acceptors (Lipinski definition) is 4. The molecule has 1 aliphatic heterocycles. The number of hydrogen-bond donors (Lipinski definition) is 3. The maximum atomic E-state index is 13.6. The molecule has 0 aromatic heterocycles. The van der Waals surface area contributed by atoms with Gasteiger partial charge in [0.2, 0.25) is 17.7 Å². The van der Waals surface area contributed by atoms with Crippen LogP contribution in [0.25, 0.3) is 0 Å². The fourth-order valence-electron chi connectivity index (χ4n) is 5.70. The summed E-state index contributed by atoms with van der Waals surface area (Å²) in [4.78, 5) is 41.4. The number of fused-ring (bicyclic) bond motifs is 1. The number of allylic oxidation sites excluding steroid dienone is 1. The minimum absolute atomic E-state index is 0.0201. The van der Waals surface area contributed by atoms with E-state index >= 15 is 0 Å². The highest BCUT2D eigenvalue weighted by Gasteiger charge is 2.58. The van der Waals surface area contributed by atoms with Crippen LogP contribution in [0.2, 0.25) is 0 Å². The van der Waals surface area contributed by atoms with Gasteiger partial charge in [-0.3, -0.25) is 14.4 Å². The average Bonchev–Trinajstić information content (AvgIpc) is 2.96. The number of amides is 3. The van der Waals surface area contributed by atoms with Gasteiger partial charge in [-0.15, -0.1) is 0 Å². The van der Waals surface area contributed by atoms with Crippen molar-refractivity contribution < 1.29 is 19.5 Å². The van der Waals surface area contributed by atoms with E-state index in [1.165, 1.54) is 4.90 Å². The van der Waals surface area contributed by atoms with Gasteiger partial charge in [-0.05, 0) is 44.9 Å². The molecule has 6 atom stereocenters. The molecule has 2 rings (SSSR count). The first kappa shape index (κ1) is 25.4. The monoisotopic (exact) mass is 435 g/mol. The molecular weight excluding hydrogens is 394 g/mol. The van der Waals surface area contributed by atoms with Crippen molar-refractivity contribution in [2.75, 3.05) is 13.7 Å². The highest BCUT2D eigenvalue weighted by Crippen LogP contribution is 2.45. The lowest BCUT2D eigenvalue weighted by atomic mass is 9.68. The van der Waals surface area contributed by atoms with Gasteiger partial charge >= 0.3 is 0 Å². The van der Waals surface area contributed by atoms with Crippen molar-refractivity contribution in [3.05, 3.63) is 12.2 Å². The Kier molecular flexibility index (Phi) is 7.62. The quantitative estimate of drug-likeness (QED) is 0.533. The van der Waals surface area contributed by atoms with E-state index in [0.29, 0.717) is 0 Å². The third-order valence-corrected chi connectivity index (χ3v) is 6.51. The van der Waals surface area contributed by atoms with Crippen LogP contribution in [0.1, 0.15) is 61.3 Å². The van der Waals surface area contributed by atoms with E-state index in [1.54, 1.807) is 14.0 Å². The second-order valence-electron chi connectivity index (χ2n) is 11.0. The number of likely N-dealkylation sites (tertiary alicyclic amines) is 1. The average molecular weight is 436 g/mol. The molecule has 0 aromatic rings. The van der Waals surface area contributed by atoms with Gasteiger partial charge in [-0.2, -0.15) is 0 Å². The molecule has 0 aromatic carbocycles. The molecule has 7 nitrogen and oxygen atoms in total. The fraction of sp³-hybridized carbons (Fsp3) is 0.792. The van der Waals surface area contributed by atoms with Gasteiger partial charge in [-0.1, -0.05) is 39.8 Å². The molecule has 0 bridgehead atoms. The van der Waals surface area contributed by atoms with E-state index in [0.717, 1.165) is 12.8 Å². The summed E-state index contributed by atoms with van der Waals surface area (Å²) in [5.41, 5.74) is -0.443. The first-order valence-electron chi connectivity index (χ1n) is 11.4. The maximum Gasteiger partial charge on any atom is 0.243 e. The zero-order valence-corrected chi connectivity index (χ0v) is 20.4. The molecule has 31 heavy (non-hydrogen) atoms. The first-order valence-corrected chi connectivity index (χ1v) is 11.4. The molecule has 2 aliphatic rings. The second kappa shape index (κ2) is 9.31. The molecule has 0 radical (unpaired) electrons. The highest BCUT2D eigenvalue weighted by atomic mass is 16.3. The maximum absolute atomic E-state index is 13.6. The predicted octanol–water partition coefficient (Wildman–Crippen LogP) is 2.10. The molecule has 1 fully saturated rings. The predicted molar refractivity (Wildman–Crippen MR) is 121 cm³/mol. The Morgan fingerprint density at radius 2 is 1.77 bits per heavy atom. The van der Waals surface area contributed by atoms with Crippen LogP contribution in [0.4, 0.5) is 0 Å². The van der Waals surface area contributed by atoms with Gasteiger partial charge in [0.25, 0.3) is 0 Å². The second-order valence-corrected chi connectivity index (χ2v) is 11.0. The molecule has 3 amide bonds. The molecule has 0 saturated carbocycles. The van der Waals surface area contributed by atoms with E-state index < -0.39 is 35.4 Å². The van der Waals surface area contributed by atoms with E-state index in [2.05, 4.69) is 31.4 Å². The lowest BCUT2D eigenvalue weighted by Gasteiger charge is -2.37. The van der Waals surface area contributed by atoms with Gasteiger partial charge in [0.15, 0.2) is 0 Å². The van der Waals surface area contributed by atoms with Crippen molar-refractivity contribution >= 4 is 17.7 Å². The van der Waals surface area contributed by atoms with Crippen LogP contribution in [0, 0.1) is 29.1 Å². The Balaban J connectivity index is 2.46. The number of carbonyl (C=O) groups is 3. The largest absolute Gasteiger partial charge is 0.394 e. The SMILES string of the molecule is CC[C@@H]1C=C[C@H]2[C@H](C(=O)N([C@H](C)CO)[C@@H]2C(=O)NC(C)(C)CC(C)(C)C)[C@@H]1C(=O)NC. The molecular formula is C24H41N3O4. The van der Waals surface area contributed by atoms with Crippen LogP contribution in [0.5, 0.6) is 0 Å². The minimum Gasteiger partial charge on any atom is -0.394 e. The van der Waals surface area contributed by atoms with Crippen molar-refractivity contribution in [2.24, 2.45) is 29.1 Å². The molecule has 1 aliphatic carbocycles. The summed E-state index contributed by atoms with van der Waals surface area (Å²) in [6.45, 7) is 13.8. The molecule has 0 spiro atoms. The van der Waals surface area contributed by atoms with E-state index in [1.807, 2.05) is 32.9 Å². The van der Waals surface area contributed by atoms with Crippen LogP contribution < -0.4 is 10.6 Å². The Morgan fingerprint density at radius 3 is 2.26 bits per heavy atom. The summed E-state index contributed by atoms with van der Waals surface area (Å²) in [6, 6.07) is -1.27. The number of aliphatic hydroxyl groups is 1. The molecule has 176 valence electrons. The van der Waals surface area contributed by atoms with Gasteiger partial charge in [0.1, 0.15) is 6.04 Å². The van der Waals surface area contributed by atoms with Gasteiger partial charge in [-0.25, -0.2) is 0 Å². The summed E-state index contributed by atoms with van der Waals surface area (Å²) in [7, 11) is 1.58. The van der Waals surface area contributed by atoms with Crippen molar-refractivity contribution in [3.63, 3.8) is 0 Å². The number of aliphatic hydroxyl groups excluding tert-OH is 1. The minimum atomic E-state index is -0.750. The number of nitrogens with zero attached hydrogens (tertiary/aromatic N) is 1. The number of nitrogens with one attached hydrogen (secondary N) is 2. The number of carbonyl (C=O) groups excluding carboxylic acids is 3. The van der Waals surface area contributed by atoms with Crippen molar-refractivity contribution in [1.29, 1.82) is 0 Å². The van der Waals surface area contributed by atoms with Crippen molar-refractivity contribution in [2.45, 2.75) is 78.9 Å². The smallest absolute Gasteiger partial charge is 0.243 e. The van der Waals surface area contributed by atoms with Gasteiger partial charge in [0, 0.05) is 18.5 Å². The standard InChI is InChI=1S/C24H41N3O4/c1-9-15-10-11-16-18(17(15)20(29)25-8)22(31)27(14(2)12-28)19(16)21(30)26-24(6,7)13-23(3,4)5/h10-11,14-19,28H,9,12-13H2,1-8H3,(H,25,29)(H,26,30)/t14-,15-,16+,17-,18+,19+/m1/s1. The highest BCUT2D eigenvalue weighted by molar-refractivity contribution is 5.97. The molecule has 0 unspecified atom stereocenters. The van der Waals surface area contributed by atoms with Crippen LogP contribution in [0.3, 0.4) is 0 Å². The Hall–Kier alpha value is -1.89. The van der Waals surface area contributed by atoms with E-state index in [9.17, 15) is 19.5 Å². The third-order valence-electron chi connectivity index (χ3n) is 6.51. The van der Waals surface area contributed by atoms with E-state index in [4.69, 9.17) is 0 Å².